The second-order valence-corrected chi connectivity index (χ2v) is 4.39. The van der Waals surface area contributed by atoms with Gasteiger partial charge in [-0.1, -0.05) is 49.6 Å². The molecule has 90 valence electrons. The summed E-state index contributed by atoms with van der Waals surface area (Å²) in [6, 6.07) is 10.8. The number of fused-ring (bicyclic) bond motifs is 1. The lowest BCUT2D eigenvalue weighted by atomic mass is 9.94. The zero-order chi connectivity index (χ0) is 13.1. The van der Waals surface area contributed by atoms with Crippen LogP contribution in [0.3, 0.4) is 0 Å². The van der Waals surface area contributed by atoms with Crippen LogP contribution in [0.5, 0.6) is 0 Å². The molecule has 2 rings (SSSR count). The van der Waals surface area contributed by atoms with Gasteiger partial charge in [0.1, 0.15) is 0 Å². The predicted octanol–water partition coefficient (Wildman–Crippen LogP) is 5.55. The molecule has 0 bridgehead atoms. The fourth-order valence-corrected chi connectivity index (χ4v) is 2.21. The second kappa shape index (κ2) is 5.05. The Morgan fingerprint density at radius 2 is 1.72 bits per heavy atom. The summed E-state index contributed by atoms with van der Waals surface area (Å²) in [4.78, 5) is 0. The van der Waals surface area contributed by atoms with Gasteiger partial charge < -0.3 is 0 Å². The van der Waals surface area contributed by atoms with Gasteiger partial charge in [-0.3, -0.25) is 0 Å². The largest absolute Gasteiger partial charge is 0.0984 e. The maximum Gasteiger partial charge on any atom is -0.0103 e. The standard InChI is InChI=1S/C18H18/c1-5-13(4)17-10-8-9-16-11-14(6-2)15(7-3)12-18(16)17/h5-12H,2-3H2,1,4H3/b13-5+. The molecule has 2 aromatic carbocycles. The monoisotopic (exact) mass is 234 g/mol. The molecule has 18 heavy (non-hydrogen) atoms. The summed E-state index contributed by atoms with van der Waals surface area (Å²) in [6.45, 7) is 12.0. The topological polar surface area (TPSA) is 0 Å². The number of allylic oxidation sites excluding steroid dienone is 2. The summed E-state index contributed by atoms with van der Waals surface area (Å²) in [5.74, 6) is 0. The van der Waals surface area contributed by atoms with E-state index in [9.17, 15) is 0 Å². The van der Waals surface area contributed by atoms with Crippen LogP contribution >= 0.6 is 0 Å². The number of rotatable bonds is 3. The summed E-state index contributed by atoms with van der Waals surface area (Å²) >= 11 is 0. The van der Waals surface area contributed by atoms with Crippen molar-refractivity contribution in [3.8, 4) is 0 Å². The average Bonchev–Trinajstić information content (AvgIpc) is 2.44. The predicted molar refractivity (Wildman–Crippen MR) is 83.5 cm³/mol. The molecule has 0 aromatic heterocycles. The van der Waals surface area contributed by atoms with Crippen molar-refractivity contribution in [2.75, 3.05) is 0 Å². The Labute approximate surface area is 109 Å². The van der Waals surface area contributed by atoms with Gasteiger partial charge in [0.25, 0.3) is 0 Å². The molecule has 2 aromatic rings. The minimum Gasteiger partial charge on any atom is -0.0984 e. The lowest BCUT2D eigenvalue weighted by Crippen LogP contribution is -1.87. The number of hydrogen-bond acceptors (Lipinski definition) is 0. The SMILES string of the molecule is C=Cc1cc2cccc(/C(C)=C/C)c2cc1C=C. The van der Waals surface area contributed by atoms with Crippen LogP contribution < -0.4 is 0 Å². The highest BCUT2D eigenvalue weighted by molar-refractivity contribution is 5.96. The average molecular weight is 234 g/mol. The third-order valence-corrected chi connectivity index (χ3v) is 3.38. The Morgan fingerprint density at radius 3 is 2.33 bits per heavy atom. The van der Waals surface area contributed by atoms with Crippen molar-refractivity contribution in [3.05, 3.63) is 66.3 Å². The maximum absolute atomic E-state index is 3.88. The van der Waals surface area contributed by atoms with Gasteiger partial charge in [-0.05, 0) is 59.0 Å². The molecular weight excluding hydrogens is 216 g/mol. The van der Waals surface area contributed by atoms with Gasteiger partial charge in [-0.25, -0.2) is 0 Å². The van der Waals surface area contributed by atoms with E-state index in [4.69, 9.17) is 0 Å². The fourth-order valence-electron chi connectivity index (χ4n) is 2.21. The summed E-state index contributed by atoms with van der Waals surface area (Å²) in [7, 11) is 0. The van der Waals surface area contributed by atoms with E-state index in [1.165, 1.54) is 21.9 Å². The van der Waals surface area contributed by atoms with Crippen LogP contribution in [0.2, 0.25) is 0 Å². The zero-order valence-corrected chi connectivity index (χ0v) is 11.0. The summed E-state index contributed by atoms with van der Waals surface area (Å²) in [5, 5.41) is 2.52. The number of benzene rings is 2. The first-order valence-corrected chi connectivity index (χ1v) is 6.16. The molecule has 0 saturated carbocycles. The fraction of sp³-hybridized carbons (Fsp3) is 0.111. The van der Waals surface area contributed by atoms with Gasteiger partial charge in [0.05, 0.1) is 0 Å². The summed E-state index contributed by atoms with van der Waals surface area (Å²) in [5.41, 5.74) is 4.84. The third kappa shape index (κ3) is 2.02. The van der Waals surface area contributed by atoms with E-state index in [0.717, 1.165) is 11.1 Å². The quantitative estimate of drug-likeness (QED) is 0.653. The normalized spacial score (nSPS) is 11.6. The smallest absolute Gasteiger partial charge is 0.0103 e. The minimum absolute atomic E-state index is 1.13. The Morgan fingerprint density at radius 1 is 1.06 bits per heavy atom. The maximum atomic E-state index is 3.88. The molecule has 0 aliphatic heterocycles. The van der Waals surface area contributed by atoms with E-state index in [1.54, 1.807) is 0 Å². The number of hydrogen-bond donors (Lipinski definition) is 0. The molecule has 0 unspecified atom stereocenters. The highest BCUT2D eigenvalue weighted by Gasteiger charge is 2.05. The minimum atomic E-state index is 1.13. The Kier molecular flexibility index (Phi) is 3.47. The Balaban J connectivity index is 2.85. The lowest BCUT2D eigenvalue weighted by molar-refractivity contribution is 1.57. The van der Waals surface area contributed by atoms with Gasteiger partial charge >= 0.3 is 0 Å². The van der Waals surface area contributed by atoms with E-state index < -0.39 is 0 Å². The van der Waals surface area contributed by atoms with E-state index in [-0.39, 0.29) is 0 Å². The van der Waals surface area contributed by atoms with Gasteiger partial charge in [0, 0.05) is 0 Å². The van der Waals surface area contributed by atoms with Crippen LogP contribution in [-0.4, -0.2) is 0 Å². The van der Waals surface area contributed by atoms with Gasteiger partial charge in [-0.2, -0.15) is 0 Å². The Bertz CT molecular complexity index is 642. The molecule has 0 atom stereocenters. The van der Waals surface area contributed by atoms with Gasteiger partial charge in [0.15, 0.2) is 0 Å². The highest BCUT2D eigenvalue weighted by Crippen LogP contribution is 2.28. The molecule has 0 saturated heterocycles. The van der Waals surface area contributed by atoms with Crippen LogP contribution in [0.4, 0.5) is 0 Å². The molecular formula is C18H18. The van der Waals surface area contributed by atoms with E-state index in [2.05, 4.69) is 63.4 Å². The van der Waals surface area contributed by atoms with Crippen molar-refractivity contribution >= 4 is 28.5 Å². The van der Waals surface area contributed by atoms with Gasteiger partial charge in [-0.15, -0.1) is 0 Å². The van der Waals surface area contributed by atoms with Crippen molar-refractivity contribution in [2.24, 2.45) is 0 Å². The van der Waals surface area contributed by atoms with Crippen molar-refractivity contribution < 1.29 is 0 Å². The van der Waals surface area contributed by atoms with Crippen LogP contribution in [0, 0.1) is 0 Å². The third-order valence-electron chi connectivity index (χ3n) is 3.38. The van der Waals surface area contributed by atoms with Crippen LogP contribution in [-0.2, 0) is 0 Å². The first-order valence-electron chi connectivity index (χ1n) is 6.16. The molecule has 0 radical (unpaired) electrons. The van der Waals surface area contributed by atoms with E-state index in [1.807, 2.05) is 12.2 Å². The Hall–Kier alpha value is -2.08. The van der Waals surface area contributed by atoms with E-state index >= 15 is 0 Å². The summed E-state index contributed by atoms with van der Waals surface area (Å²) in [6.07, 6.45) is 5.91. The van der Waals surface area contributed by atoms with Crippen LogP contribution in [0.15, 0.2) is 49.6 Å². The molecule has 0 aliphatic rings. The van der Waals surface area contributed by atoms with Crippen molar-refractivity contribution in [2.45, 2.75) is 13.8 Å². The molecule has 0 fully saturated rings. The second-order valence-electron chi connectivity index (χ2n) is 4.39. The molecule has 0 heterocycles. The van der Waals surface area contributed by atoms with Crippen LogP contribution in [0.25, 0.3) is 28.5 Å². The van der Waals surface area contributed by atoms with Crippen LogP contribution in [0.1, 0.15) is 30.5 Å². The molecule has 0 spiro atoms. The first-order chi connectivity index (χ1) is 8.71. The highest BCUT2D eigenvalue weighted by atomic mass is 14.1. The van der Waals surface area contributed by atoms with Crippen molar-refractivity contribution in [1.82, 2.24) is 0 Å². The molecule has 0 aliphatic carbocycles. The molecule has 0 heteroatoms. The molecule has 0 amide bonds. The first kappa shape index (κ1) is 12.4. The molecule has 0 nitrogen and oxygen atoms in total. The van der Waals surface area contributed by atoms with Crippen molar-refractivity contribution in [1.29, 1.82) is 0 Å². The van der Waals surface area contributed by atoms with E-state index in [0.29, 0.717) is 0 Å². The lowest BCUT2D eigenvalue weighted by Gasteiger charge is -2.10. The molecule has 0 N–H and O–H groups in total. The van der Waals surface area contributed by atoms with Gasteiger partial charge in [0.2, 0.25) is 0 Å². The summed E-state index contributed by atoms with van der Waals surface area (Å²) < 4.78 is 0. The zero-order valence-electron chi connectivity index (χ0n) is 11.0. The van der Waals surface area contributed by atoms with Crippen molar-refractivity contribution in [3.63, 3.8) is 0 Å².